The highest BCUT2D eigenvalue weighted by molar-refractivity contribution is 6.33. The molecule has 18 heavy (non-hydrogen) atoms. The minimum atomic E-state index is -0.0812. The lowest BCUT2D eigenvalue weighted by Crippen LogP contribution is -2.28. The second kappa shape index (κ2) is 7.72. The zero-order valence-electron chi connectivity index (χ0n) is 10.8. The Labute approximate surface area is 110 Å². The summed E-state index contributed by atoms with van der Waals surface area (Å²) in [6, 6.07) is 7.79. The van der Waals surface area contributed by atoms with Gasteiger partial charge in [0.25, 0.3) is 0 Å². The second-order valence-corrected chi connectivity index (χ2v) is 4.27. The molecule has 0 saturated heterocycles. The number of amides is 1. The van der Waals surface area contributed by atoms with Gasteiger partial charge in [-0.3, -0.25) is 4.79 Å². The molecule has 4 heteroatoms. The van der Waals surface area contributed by atoms with Gasteiger partial charge in [-0.25, -0.2) is 0 Å². The maximum atomic E-state index is 11.2. The van der Waals surface area contributed by atoms with Gasteiger partial charge in [0.05, 0.1) is 0 Å². The van der Waals surface area contributed by atoms with E-state index in [0.29, 0.717) is 12.1 Å². The van der Waals surface area contributed by atoms with E-state index in [9.17, 15) is 4.79 Å². The van der Waals surface area contributed by atoms with Crippen LogP contribution < -0.4 is 16.1 Å². The lowest BCUT2D eigenvalue weighted by molar-refractivity contribution is -0.117. The number of carbonyl (C=O) groups excluding carboxylic acids is 1. The van der Waals surface area contributed by atoms with E-state index < -0.39 is 0 Å². The standard InChI is InChI=1S/C14H19BN2O/c1-11(2)14(18)17-9-5-8-16-10-12-6-3-4-7-13(12)15/h3-4,6-7,16H,1,5,8-10H2,2H3,(H,17,18). The molecule has 0 aliphatic rings. The number of carbonyl (C=O) groups is 1. The van der Waals surface area contributed by atoms with Gasteiger partial charge in [0, 0.05) is 18.7 Å². The Kier molecular flexibility index (Phi) is 6.22. The quantitative estimate of drug-likeness (QED) is 0.419. The Hall–Kier alpha value is -1.55. The fourth-order valence-corrected chi connectivity index (χ4v) is 1.48. The zero-order valence-corrected chi connectivity index (χ0v) is 10.8. The van der Waals surface area contributed by atoms with Crippen molar-refractivity contribution in [1.82, 2.24) is 10.6 Å². The molecule has 0 saturated carbocycles. The molecule has 1 amide bonds. The third kappa shape index (κ3) is 5.19. The first-order chi connectivity index (χ1) is 8.61. The first kappa shape index (κ1) is 14.5. The van der Waals surface area contributed by atoms with Crippen LogP contribution in [0.15, 0.2) is 36.4 Å². The smallest absolute Gasteiger partial charge is 0.246 e. The highest BCUT2D eigenvalue weighted by atomic mass is 16.1. The maximum Gasteiger partial charge on any atom is 0.246 e. The summed E-state index contributed by atoms with van der Waals surface area (Å²) in [6.45, 7) is 7.52. The summed E-state index contributed by atoms with van der Waals surface area (Å²) < 4.78 is 0. The molecular weight excluding hydrogens is 223 g/mol. The Morgan fingerprint density at radius 2 is 2.06 bits per heavy atom. The predicted molar refractivity (Wildman–Crippen MR) is 76.0 cm³/mol. The van der Waals surface area contributed by atoms with Crippen molar-refractivity contribution in [2.45, 2.75) is 19.9 Å². The highest BCUT2D eigenvalue weighted by Crippen LogP contribution is 1.93. The minimum Gasteiger partial charge on any atom is -0.352 e. The topological polar surface area (TPSA) is 41.1 Å². The third-order valence-electron chi connectivity index (χ3n) is 2.57. The summed E-state index contributed by atoms with van der Waals surface area (Å²) in [6.07, 6.45) is 0.881. The summed E-state index contributed by atoms with van der Waals surface area (Å²) in [5.74, 6) is -0.0812. The normalized spacial score (nSPS) is 10.1. The molecule has 1 aromatic carbocycles. The van der Waals surface area contributed by atoms with E-state index in [1.165, 1.54) is 0 Å². The van der Waals surface area contributed by atoms with Crippen LogP contribution in [0, 0.1) is 0 Å². The summed E-state index contributed by atoms with van der Waals surface area (Å²) >= 11 is 0. The Bertz CT molecular complexity index is 418. The van der Waals surface area contributed by atoms with Crippen LogP contribution in [0.25, 0.3) is 0 Å². The summed E-state index contributed by atoms with van der Waals surface area (Å²) in [7, 11) is 5.83. The predicted octanol–water partition coefficient (Wildman–Crippen LogP) is 0.652. The molecule has 0 atom stereocenters. The lowest BCUT2D eigenvalue weighted by Gasteiger charge is -2.08. The van der Waals surface area contributed by atoms with Gasteiger partial charge in [-0.2, -0.15) is 0 Å². The van der Waals surface area contributed by atoms with Crippen LogP contribution in [-0.4, -0.2) is 26.8 Å². The van der Waals surface area contributed by atoms with E-state index >= 15 is 0 Å². The number of hydrogen-bond acceptors (Lipinski definition) is 2. The third-order valence-corrected chi connectivity index (χ3v) is 2.57. The maximum absolute atomic E-state index is 11.2. The van der Waals surface area contributed by atoms with Gasteiger partial charge in [-0.1, -0.05) is 36.3 Å². The molecule has 0 aliphatic heterocycles. The van der Waals surface area contributed by atoms with Crippen molar-refractivity contribution >= 4 is 19.2 Å². The average Bonchev–Trinajstić information content (AvgIpc) is 2.35. The number of rotatable bonds is 7. The molecule has 0 bridgehead atoms. The van der Waals surface area contributed by atoms with Gasteiger partial charge in [0.1, 0.15) is 7.85 Å². The second-order valence-electron chi connectivity index (χ2n) is 4.27. The Morgan fingerprint density at radius 3 is 2.72 bits per heavy atom. The summed E-state index contributed by atoms with van der Waals surface area (Å²) in [5.41, 5.74) is 2.45. The average molecular weight is 242 g/mol. The van der Waals surface area contributed by atoms with E-state index in [-0.39, 0.29) is 5.91 Å². The molecule has 2 N–H and O–H groups in total. The van der Waals surface area contributed by atoms with Crippen molar-refractivity contribution in [1.29, 1.82) is 0 Å². The van der Waals surface area contributed by atoms with Crippen molar-refractivity contribution in [3.63, 3.8) is 0 Å². The van der Waals surface area contributed by atoms with Gasteiger partial charge in [-0.15, -0.1) is 0 Å². The number of benzene rings is 1. The van der Waals surface area contributed by atoms with Crippen molar-refractivity contribution in [3.05, 3.63) is 42.0 Å². The molecular formula is C14H19BN2O. The van der Waals surface area contributed by atoms with E-state index in [1.807, 2.05) is 24.3 Å². The highest BCUT2D eigenvalue weighted by Gasteiger charge is 1.99. The largest absolute Gasteiger partial charge is 0.352 e. The monoisotopic (exact) mass is 242 g/mol. The fraction of sp³-hybridized carbons (Fsp3) is 0.357. The molecule has 0 fully saturated rings. The minimum absolute atomic E-state index is 0.0812. The van der Waals surface area contributed by atoms with E-state index in [4.69, 9.17) is 7.85 Å². The van der Waals surface area contributed by atoms with Crippen LogP contribution in [0.5, 0.6) is 0 Å². The van der Waals surface area contributed by atoms with Crippen LogP contribution in [0.4, 0.5) is 0 Å². The molecule has 0 heterocycles. The van der Waals surface area contributed by atoms with Crippen LogP contribution in [0.1, 0.15) is 18.9 Å². The van der Waals surface area contributed by atoms with Gasteiger partial charge in [0.2, 0.25) is 5.91 Å². The summed E-state index contributed by atoms with van der Waals surface area (Å²) in [4.78, 5) is 11.2. The molecule has 0 unspecified atom stereocenters. The lowest BCUT2D eigenvalue weighted by atomic mass is 9.91. The van der Waals surface area contributed by atoms with Gasteiger partial charge in [0.15, 0.2) is 0 Å². The van der Waals surface area contributed by atoms with Crippen LogP contribution in [0.2, 0.25) is 0 Å². The van der Waals surface area contributed by atoms with E-state index in [0.717, 1.165) is 30.5 Å². The molecule has 2 radical (unpaired) electrons. The molecule has 3 nitrogen and oxygen atoms in total. The van der Waals surface area contributed by atoms with Crippen LogP contribution >= 0.6 is 0 Å². The van der Waals surface area contributed by atoms with Gasteiger partial charge < -0.3 is 10.6 Å². The first-order valence-electron chi connectivity index (χ1n) is 6.09. The molecule has 1 aromatic rings. The molecule has 0 aliphatic carbocycles. The SMILES string of the molecule is [B]c1ccccc1CNCCCNC(=O)C(=C)C. The molecule has 0 aromatic heterocycles. The molecule has 94 valence electrons. The number of nitrogens with one attached hydrogen (secondary N) is 2. The van der Waals surface area contributed by atoms with Gasteiger partial charge in [-0.05, 0) is 25.5 Å². The van der Waals surface area contributed by atoms with E-state index in [1.54, 1.807) is 6.92 Å². The van der Waals surface area contributed by atoms with Gasteiger partial charge >= 0.3 is 0 Å². The fourth-order valence-electron chi connectivity index (χ4n) is 1.48. The van der Waals surface area contributed by atoms with Crippen LogP contribution in [-0.2, 0) is 11.3 Å². The number of hydrogen-bond donors (Lipinski definition) is 2. The Morgan fingerprint density at radius 1 is 1.33 bits per heavy atom. The zero-order chi connectivity index (χ0) is 13.4. The first-order valence-corrected chi connectivity index (χ1v) is 6.09. The van der Waals surface area contributed by atoms with Crippen molar-refractivity contribution in [2.75, 3.05) is 13.1 Å². The van der Waals surface area contributed by atoms with Crippen molar-refractivity contribution < 1.29 is 4.79 Å². The van der Waals surface area contributed by atoms with Crippen molar-refractivity contribution in [3.8, 4) is 0 Å². The summed E-state index contributed by atoms with van der Waals surface area (Å²) in [5, 5.41) is 6.08. The van der Waals surface area contributed by atoms with Crippen LogP contribution in [0.3, 0.4) is 0 Å². The van der Waals surface area contributed by atoms with Crippen molar-refractivity contribution in [2.24, 2.45) is 0 Å². The van der Waals surface area contributed by atoms with E-state index in [2.05, 4.69) is 17.2 Å². The molecule has 0 spiro atoms. The molecule has 1 rings (SSSR count). The Balaban J connectivity index is 2.11.